The van der Waals surface area contributed by atoms with Crippen molar-refractivity contribution in [2.24, 2.45) is 14.1 Å². The van der Waals surface area contributed by atoms with Crippen LogP contribution < -0.4 is 10.6 Å². The zero-order valence-electron chi connectivity index (χ0n) is 19.8. The van der Waals surface area contributed by atoms with Crippen LogP contribution in [0.25, 0.3) is 22.8 Å². The lowest BCUT2D eigenvalue weighted by Gasteiger charge is -2.10. The number of hydrogen-bond acceptors (Lipinski definition) is 4. The molecule has 0 unspecified atom stereocenters. The van der Waals surface area contributed by atoms with Crippen LogP contribution in [0.5, 0.6) is 0 Å². The van der Waals surface area contributed by atoms with Crippen molar-refractivity contribution in [2.75, 3.05) is 10.6 Å². The molecule has 2 heterocycles. The molecule has 2 N–H and O–H groups in total. The van der Waals surface area contributed by atoms with Crippen LogP contribution in [0.4, 0.5) is 11.4 Å². The van der Waals surface area contributed by atoms with Gasteiger partial charge in [-0.1, -0.05) is 30.3 Å². The first-order chi connectivity index (χ1) is 17.5. The van der Waals surface area contributed by atoms with Crippen LogP contribution in [-0.4, -0.2) is 30.9 Å². The van der Waals surface area contributed by atoms with Crippen molar-refractivity contribution in [1.82, 2.24) is 19.1 Å². The minimum Gasteiger partial charge on any atom is -0.334 e. The highest BCUT2D eigenvalue weighted by Crippen LogP contribution is 2.23. The molecule has 5 rings (SSSR count). The van der Waals surface area contributed by atoms with Gasteiger partial charge in [0.15, 0.2) is 0 Å². The monoisotopic (exact) mass is 476 g/mol. The number of aromatic nitrogens is 4. The summed E-state index contributed by atoms with van der Waals surface area (Å²) in [6.07, 6.45) is 7.19. The SMILES string of the molecule is Cn1ccnc1-c1cccc(NC(=O)c2cccc(C(=O)Nc3cccc(-c4nccn4C)c3)c2)c1. The maximum absolute atomic E-state index is 12.9. The van der Waals surface area contributed by atoms with Gasteiger partial charge in [0.05, 0.1) is 0 Å². The lowest BCUT2D eigenvalue weighted by molar-refractivity contribution is 0.102. The molecule has 2 aromatic heterocycles. The number of hydrogen-bond donors (Lipinski definition) is 2. The molecule has 36 heavy (non-hydrogen) atoms. The van der Waals surface area contributed by atoms with Gasteiger partial charge in [-0.25, -0.2) is 9.97 Å². The summed E-state index contributed by atoms with van der Waals surface area (Å²) < 4.78 is 3.82. The van der Waals surface area contributed by atoms with E-state index < -0.39 is 0 Å². The molecule has 0 saturated heterocycles. The molecule has 0 radical (unpaired) electrons. The Hall–Kier alpha value is -4.98. The lowest BCUT2D eigenvalue weighted by Crippen LogP contribution is -2.15. The molecule has 5 aromatic rings. The van der Waals surface area contributed by atoms with Gasteiger partial charge >= 0.3 is 0 Å². The Morgan fingerprint density at radius 2 is 1.08 bits per heavy atom. The molecule has 3 aromatic carbocycles. The Labute approximate surface area is 208 Å². The molecule has 0 aliphatic heterocycles. The maximum Gasteiger partial charge on any atom is 0.255 e. The predicted molar refractivity (Wildman–Crippen MR) is 140 cm³/mol. The van der Waals surface area contributed by atoms with Crippen LogP contribution in [0.15, 0.2) is 97.6 Å². The zero-order chi connectivity index (χ0) is 25.1. The predicted octanol–water partition coefficient (Wildman–Crippen LogP) is 4.99. The molecular weight excluding hydrogens is 452 g/mol. The minimum atomic E-state index is -0.307. The summed E-state index contributed by atoms with van der Waals surface area (Å²) in [6, 6.07) is 21.6. The number of anilines is 2. The molecule has 0 saturated carbocycles. The van der Waals surface area contributed by atoms with Gasteiger partial charge < -0.3 is 19.8 Å². The summed E-state index contributed by atoms with van der Waals surface area (Å²) in [5.41, 5.74) is 3.82. The third kappa shape index (κ3) is 4.78. The highest BCUT2D eigenvalue weighted by Gasteiger charge is 2.13. The van der Waals surface area contributed by atoms with E-state index in [9.17, 15) is 9.59 Å². The minimum absolute atomic E-state index is 0.307. The number of rotatable bonds is 6. The molecule has 0 bridgehead atoms. The molecule has 0 aliphatic carbocycles. The number of aryl methyl sites for hydroxylation is 2. The maximum atomic E-state index is 12.9. The Balaban J connectivity index is 1.30. The summed E-state index contributed by atoms with van der Waals surface area (Å²) in [5, 5.41) is 5.81. The van der Waals surface area contributed by atoms with E-state index in [1.165, 1.54) is 0 Å². The number of nitrogens with zero attached hydrogens (tertiary/aromatic N) is 4. The van der Waals surface area contributed by atoms with Crippen molar-refractivity contribution in [3.8, 4) is 22.8 Å². The fourth-order valence-corrected chi connectivity index (χ4v) is 3.97. The molecule has 2 amide bonds. The Bertz CT molecular complexity index is 1450. The Morgan fingerprint density at radius 3 is 1.50 bits per heavy atom. The number of imidazole rings is 2. The van der Waals surface area contributed by atoms with E-state index in [2.05, 4.69) is 20.6 Å². The van der Waals surface area contributed by atoms with E-state index in [4.69, 9.17) is 0 Å². The topological polar surface area (TPSA) is 93.8 Å². The summed E-state index contributed by atoms with van der Waals surface area (Å²) >= 11 is 0. The summed E-state index contributed by atoms with van der Waals surface area (Å²) in [5.74, 6) is 0.991. The average Bonchev–Trinajstić information content (AvgIpc) is 3.52. The van der Waals surface area contributed by atoms with Crippen LogP contribution in [0.2, 0.25) is 0 Å². The fourth-order valence-electron chi connectivity index (χ4n) is 3.97. The summed E-state index contributed by atoms with van der Waals surface area (Å²) in [7, 11) is 3.83. The fraction of sp³-hybridized carbons (Fsp3) is 0.0714. The second kappa shape index (κ2) is 9.71. The highest BCUT2D eigenvalue weighted by atomic mass is 16.2. The van der Waals surface area contributed by atoms with E-state index in [0.717, 1.165) is 22.8 Å². The second-order valence-electron chi connectivity index (χ2n) is 8.37. The molecular formula is C28H24N6O2. The first kappa shape index (κ1) is 22.8. The molecule has 0 atom stereocenters. The highest BCUT2D eigenvalue weighted by molar-refractivity contribution is 6.09. The molecule has 0 fully saturated rings. The third-order valence-electron chi connectivity index (χ3n) is 5.79. The van der Waals surface area contributed by atoms with Gasteiger partial charge in [0.2, 0.25) is 0 Å². The average molecular weight is 477 g/mol. The van der Waals surface area contributed by atoms with Crippen LogP contribution in [0.1, 0.15) is 20.7 Å². The quantitative estimate of drug-likeness (QED) is 0.361. The van der Waals surface area contributed by atoms with Crippen LogP contribution in [0.3, 0.4) is 0 Å². The number of carbonyl (C=O) groups is 2. The van der Waals surface area contributed by atoms with Crippen LogP contribution in [-0.2, 0) is 14.1 Å². The smallest absolute Gasteiger partial charge is 0.255 e. The van der Waals surface area contributed by atoms with Gasteiger partial charge in [-0.15, -0.1) is 0 Å². The second-order valence-corrected chi connectivity index (χ2v) is 8.37. The normalized spacial score (nSPS) is 10.7. The number of nitrogens with one attached hydrogen (secondary N) is 2. The Morgan fingerprint density at radius 1 is 0.639 bits per heavy atom. The van der Waals surface area contributed by atoms with E-state index in [-0.39, 0.29) is 11.8 Å². The lowest BCUT2D eigenvalue weighted by atomic mass is 10.1. The van der Waals surface area contributed by atoms with Crippen LogP contribution in [0, 0.1) is 0 Å². The number of carbonyl (C=O) groups excluding carboxylic acids is 2. The molecule has 0 spiro atoms. The largest absolute Gasteiger partial charge is 0.334 e. The first-order valence-corrected chi connectivity index (χ1v) is 11.4. The zero-order valence-corrected chi connectivity index (χ0v) is 19.8. The van der Waals surface area contributed by atoms with Gasteiger partial charge in [-0.3, -0.25) is 9.59 Å². The van der Waals surface area contributed by atoms with E-state index in [0.29, 0.717) is 22.5 Å². The summed E-state index contributed by atoms with van der Waals surface area (Å²) in [6.45, 7) is 0. The standard InChI is InChI=1S/C28H24N6O2/c1-33-14-12-29-25(33)19-6-4-10-23(17-19)31-27(35)21-8-3-9-22(16-21)28(36)32-24-11-5-7-20(18-24)26-30-13-15-34(26)2/h3-18H,1-2H3,(H,31,35)(H,32,36). The molecule has 8 nitrogen and oxygen atoms in total. The van der Waals surface area contributed by atoms with Gasteiger partial charge in [0.25, 0.3) is 11.8 Å². The Kier molecular flexibility index (Phi) is 6.15. The third-order valence-corrected chi connectivity index (χ3v) is 5.79. The van der Waals surface area contributed by atoms with Gasteiger partial charge in [0, 0.05) is 72.5 Å². The summed E-state index contributed by atoms with van der Waals surface area (Å²) in [4.78, 5) is 34.6. The van der Waals surface area contributed by atoms with Crippen molar-refractivity contribution >= 4 is 23.2 Å². The van der Waals surface area contributed by atoms with Crippen molar-refractivity contribution in [3.05, 3.63) is 109 Å². The number of benzene rings is 3. The van der Waals surface area contributed by atoms with E-state index >= 15 is 0 Å². The van der Waals surface area contributed by atoms with Crippen molar-refractivity contribution in [1.29, 1.82) is 0 Å². The van der Waals surface area contributed by atoms with Gasteiger partial charge in [-0.2, -0.15) is 0 Å². The number of amides is 2. The first-order valence-electron chi connectivity index (χ1n) is 11.4. The van der Waals surface area contributed by atoms with Crippen molar-refractivity contribution < 1.29 is 9.59 Å². The molecule has 178 valence electrons. The van der Waals surface area contributed by atoms with Crippen molar-refractivity contribution in [2.45, 2.75) is 0 Å². The molecule has 0 aliphatic rings. The van der Waals surface area contributed by atoms with Gasteiger partial charge in [0.1, 0.15) is 11.6 Å². The van der Waals surface area contributed by atoms with E-state index in [1.807, 2.05) is 84.2 Å². The van der Waals surface area contributed by atoms with Gasteiger partial charge in [-0.05, 0) is 42.5 Å². The van der Waals surface area contributed by atoms with Crippen molar-refractivity contribution in [3.63, 3.8) is 0 Å². The van der Waals surface area contributed by atoms with E-state index in [1.54, 1.807) is 36.7 Å². The van der Waals surface area contributed by atoms with Crippen LogP contribution >= 0.6 is 0 Å². The molecule has 8 heteroatoms.